The SMILES string of the molecule is CC1=C2CCCCCC2C(C)=C1CC1=C(C)C2CCCCCC2=C1C. The summed E-state index contributed by atoms with van der Waals surface area (Å²) in [6.07, 6.45) is 15.3. The smallest absolute Gasteiger partial charge is 0.00160 e. The molecule has 0 aliphatic heterocycles. The molecule has 0 aromatic rings. The fraction of sp³-hybridized carbons (Fsp3) is 0.680. The van der Waals surface area contributed by atoms with Crippen LogP contribution in [0.2, 0.25) is 0 Å². The topological polar surface area (TPSA) is 0 Å². The normalized spacial score (nSPS) is 30.7. The lowest BCUT2D eigenvalue weighted by atomic mass is 9.90. The molecule has 0 aromatic carbocycles. The highest BCUT2D eigenvalue weighted by Crippen LogP contribution is 2.50. The van der Waals surface area contributed by atoms with Crippen molar-refractivity contribution < 1.29 is 0 Å². The van der Waals surface area contributed by atoms with Crippen molar-refractivity contribution >= 4 is 0 Å². The minimum Gasteiger partial charge on any atom is -0.0623 e. The summed E-state index contributed by atoms with van der Waals surface area (Å²) in [4.78, 5) is 0. The van der Waals surface area contributed by atoms with Gasteiger partial charge in [-0.2, -0.15) is 0 Å². The quantitative estimate of drug-likeness (QED) is 0.482. The third-order valence-electron chi connectivity index (χ3n) is 7.94. The standard InChI is InChI=1S/C25H36/c1-16-20-11-7-5-8-12-21(20)17(2)24(16)15-25-18(3)22-13-9-6-10-14-23(22)19(25)4/h20,22H,5-15H2,1-4H3. The monoisotopic (exact) mass is 336 g/mol. The Morgan fingerprint density at radius 3 is 1.48 bits per heavy atom. The van der Waals surface area contributed by atoms with E-state index in [0.29, 0.717) is 0 Å². The van der Waals surface area contributed by atoms with Crippen LogP contribution in [0.5, 0.6) is 0 Å². The van der Waals surface area contributed by atoms with Gasteiger partial charge in [0.15, 0.2) is 0 Å². The largest absolute Gasteiger partial charge is 0.0623 e. The summed E-state index contributed by atoms with van der Waals surface area (Å²) in [7, 11) is 0. The molecule has 2 unspecified atom stereocenters. The predicted octanol–water partition coefficient (Wildman–Crippen LogP) is 7.83. The van der Waals surface area contributed by atoms with Gasteiger partial charge in [-0.3, -0.25) is 0 Å². The average Bonchev–Trinajstić information content (AvgIpc) is 2.89. The molecule has 0 nitrogen and oxygen atoms in total. The van der Waals surface area contributed by atoms with Crippen LogP contribution in [0.3, 0.4) is 0 Å². The van der Waals surface area contributed by atoms with E-state index in [4.69, 9.17) is 0 Å². The van der Waals surface area contributed by atoms with E-state index >= 15 is 0 Å². The Hall–Kier alpha value is -1.04. The summed E-state index contributed by atoms with van der Waals surface area (Å²) in [5, 5.41) is 0. The van der Waals surface area contributed by atoms with Crippen LogP contribution >= 0.6 is 0 Å². The Labute approximate surface area is 155 Å². The van der Waals surface area contributed by atoms with E-state index in [-0.39, 0.29) is 0 Å². The number of hydrogen-bond donors (Lipinski definition) is 0. The molecular formula is C25H36. The van der Waals surface area contributed by atoms with Crippen molar-refractivity contribution in [2.24, 2.45) is 11.8 Å². The highest BCUT2D eigenvalue weighted by Gasteiger charge is 2.34. The van der Waals surface area contributed by atoms with Crippen molar-refractivity contribution in [3.8, 4) is 0 Å². The molecule has 0 saturated heterocycles. The van der Waals surface area contributed by atoms with Gasteiger partial charge in [0, 0.05) is 11.8 Å². The van der Waals surface area contributed by atoms with E-state index in [2.05, 4.69) is 27.7 Å². The molecule has 0 heteroatoms. The van der Waals surface area contributed by atoms with E-state index in [1.54, 1.807) is 44.6 Å². The lowest BCUT2D eigenvalue weighted by Crippen LogP contribution is -2.01. The molecule has 2 fully saturated rings. The number of fused-ring (bicyclic) bond motifs is 2. The number of hydrogen-bond acceptors (Lipinski definition) is 0. The van der Waals surface area contributed by atoms with E-state index in [1.165, 1.54) is 70.6 Å². The Morgan fingerprint density at radius 1 is 0.600 bits per heavy atom. The summed E-state index contributed by atoms with van der Waals surface area (Å²) in [6.45, 7) is 9.77. The second-order valence-electron chi connectivity index (χ2n) is 9.10. The molecule has 0 heterocycles. The highest BCUT2D eigenvalue weighted by molar-refractivity contribution is 5.56. The number of rotatable bonds is 2. The molecule has 136 valence electrons. The van der Waals surface area contributed by atoms with Crippen LogP contribution in [-0.2, 0) is 0 Å². The van der Waals surface area contributed by atoms with Gasteiger partial charge in [-0.1, -0.05) is 48.0 Å². The van der Waals surface area contributed by atoms with Crippen LogP contribution in [0, 0.1) is 11.8 Å². The first-order valence-corrected chi connectivity index (χ1v) is 10.9. The van der Waals surface area contributed by atoms with Crippen molar-refractivity contribution in [2.45, 2.75) is 98.3 Å². The molecule has 0 radical (unpaired) electrons. The maximum absolute atomic E-state index is 2.45. The number of allylic oxidation sites excluding steroid dienone is 8. The van der Waals surface area contributed by atoms with Crippen LogP contribution < -0.4 is 0 Å². The maximum atomic E-state index is 2.45. The molecule has 0 bridgehead atoms. The molecule has 0 amide bonds. The lowest BCUT2D eigenvalue weighted by molar-refractivity contribution is 0.619. The second-order valence-corrected chi connectivity index (χ2v) is 9.10. The molecule has 4 aliphatic carbocycles. The molecule has 0 spiro atoms. The molecular weight excluding hydrogens is 300 g/mol. The van der Waals surface area contributed by atoms with Crippen molar-refractivity contribution in [1.82, 2.24) is 0 Å². The van der Waals surface area contributed by atoms with Crippen molar-refractivity contribution in [1.29, 1.82) is 0 Å². The fourth-order valence-electron chi connectivity index (χ4n) is 6.35. The van der Waals surface area contributed by atoms with Crippen molar-refractivity contribution in [3.05, 3.63) is 44.6 Å². The zero-order valence-corrected chi connectivity index (χ0v) is 16.9. The van der Waals surface area contributed by atoms with Gasteiger partial charge in [-0.15, -0.1) is 0 Å². The summed E-state index contributed by atoms with van der Waals surface area (Å²) in [5.74, 6) is 1.58. The van der Waals surface area contributed by atoms with Gasteiger partial charge in [-0.05, 0) is 94.9 Å². The van der Waals surface area contributed by atoms with E-state index in [9.17, 15) is 0 Å². The average molecular weight is 337 g/mol. The predicted molar refractivity (Wildman–Crippen MR) is 109 cm³/mol. The van der Waals surface area contributed by atoms with Crippen LogP contribution in [0.1, 0.15) is 98.3 Å². The summed E-state index contributed by atoms with van der Waals surface area (Å²) in [5.41, 5.74) is 13.8. The van der Waals surface area contributed by atoms with E-state index in [0.717, 1.165) is 11.8 Å². The first kappa shape index (κ1) is 17.4. The zero-order valence-electron chi connectivity index (χ0n) is 16.9. The minimum atomic E-state index is 0.790. The highest BCUT2D eigenvalue weighted by atomic mass is 14.4. The Bertz CT molecular complexity index is 632. The molecule has 0 N–H and O–H groups in total. The molecule has 25 heavy (non-hydrogen) atoms. The van der Waals surface area contributed by atoms with Crippen molar-refractivity contribution in [2.75, 3.05) is 0 Å². The summed E-state index contributed by atoms with van der Waals surface area (Å²) < 4.78 is 0. The Balaban J connectivity index is 1.66. The van der Waals surface area contributed by atoms with Gasteiger partial charge in [-0.25, -0.2) is 0 Å². The Kier molecular flexibility index (Phi) is 4.82. The molecule has 0 aromatic heterocycles. The third kappa shape index (κ3) is 2.90. The molecule has 2 saturated carbocycles. The first-order chi connectivity index (χ1) is 12.1. The third-order valence-corrected chi connectivity index (χ3v) is 7.94. The van der Waals surface area contributed by atoms with Gasteiger partial charge in [0.1, 0.15) is 0 Å². The zero-order chi connectivity index (χ0) is 17.6. The summed E-state index contributed by atoms with van der Waals surface area (Å²) >= 11 is 0. The maximum Gasteiger partial charge on any atom is 0.00160 e. The van der Waals surface area contributed by atoms with Crippen LogP contribution in [0.15, 0.2) is 44.6 Å². The molecule has 4 rings (SSSR count). The van der Waals surface area contributed by atoms with Crippen molar-refractivity contribution in [3.63, 3.8) is 0 Å². The first-order valence-electron chi connectivity index (χ1n) is 10.9. The summed E-state index contributed by atoms with van der Waals surface area (Å²) in [6, 6.07) is 0. The van der Waals surface area contributed by atoms with Gasteiger partial charge in [0.05, 0.1) is 0 Å². The van der Waals surface area contributed by atoms with Gasteiger partial charge >= 0.3 is 0 Å². The van der Waals surface area contributed by atoms with E-state index < -0.39 is 0 Å². The minimum absolute atomic E-state index is 0.790. The Morgan fingerprint density at radius 2 is 1.04 bits per heavy atom. The molecule has 2 atom stereocenters. The van der Waals surface area contributed by atoms with Gasteiger partial charge in [0.2, 0.25) is 0 Å². The van der Waals surface area contributed by atoms with Crippen LogP contribution in [-0.4, -0.2) is 0 Å². The lowest BCUT2D eigenvalue weighted by Gasteiger charge is -2.15. The van der Waals surface area contributed by atoms with Crippen LogP contribution in [0.4, 0.5) is 0 Å². The van der Waals surface area contributed by atoms with Gasteiger partial charge in [0.25, 0.3) is 0 Å². The molecule has 4 aliphatic rings. The van der Waals surface area contributed by atoms with E-state index in [1.807, 2.05) is 0 Å². The van der Waals surface area contributed by atoms with Gasteiger partial charge < -0.3 is 0 Å². The van der Waals surface area contributed by atoms with Crippen LogP contribution in [0.25, 0.3) is 0 Å². The fourth-order valence-corrected chi connectivity index (χ4v) is 6.35. The second kappa shape index (κ2) is 6.93.